The number of benzene rings is 2. The lowest BCUT2D eigenvalue weighted by molar-refractivity contribution is -0.146. The van der Waals surface area contributed by atoms with Crippen molar-refractivity contribution >= 4 is 40.7 Å². The summed E-state index contributed by atoms with van der Waals surface area (Å²) in [7, 11) is 0. The molecule has 3 aliphatic rings. The van der Waals surface area contributed by atoms with Gasteiger partial charge in [-0.1, -0.05) is 73.9 Å². The standard InChI is InChI=1S/C36H44ClN3O5/c1-4-22-38(26-16-10-9-11-17-26)32(42)29-30-33(43)40(24-14-7-8-15-25-41)31(36(30)21-20-35(29,6-3)45-36)34(44)39(23-5-2)28-19-13-12-18-27(28)37/h4-5,9-13,16-19,29-31,41H,1-2,6-8,14-15,20-25H2,3H3/t29-,30-,31?,35+,36?/m0/s1. The molecule has 5 atom stereocenters. The molecule has 9 heteroatoms. The van der Waals surface area contributed by atoms with Crippen LogP contribution in [0.5, 0.6) is 0 Å². The number of fused-ring (bicyclic) bond motifs is 1. The number of hydrogen-bond donors (Lipinski definition) is 1. The van der Waals surface area contributed by atoms with E-state index in [1.807, 2.05) is 43.3 Å². The van der Waals surface area contributed by atoms with Crippen LogP contribution in [0.2, 0.25) is 5.02 Å². The Labute approximate surface area is 271 Å². The predicted octanol–water partition coefficient (Wildman–Crippen LogP) is 5.79. The molecule has 2 unspecified atom stereocenters. The topological polar surface area (TPSA) is 90.4 Å². The number of aliphatic hydroxyl groups excluding tert-OH is 1. The second kappa shape index (κ2) is 13.9. The Morgan fingerprint density at radius 1 is 0.978 bits per heavy atom. The van der Waals surface area contributed by atoms with Crippen molar-refractivity contribution in [1.82, 2.24) is 4.90 Å². The zero-order valence-electron chi connectivity index (χ0n) is 26.1. The molecule has 1 spiro atoms. The zero-order chi connectivity index (χ0) is 32.2. The molecule has 45 heavy (non-hydrogen) atoms. The molecular weight excluding hydrogens is 590 g/mol. The maximum Gasteiger partial charge on any atom is 0.253 e. The van der Waals surface area contributed by atoms with Gasteiger partial charge in [0.1, 0.15) is 11.6 Å². The number of rotatable bonds is 15. The minimum absolute atomic E-state index is 0.114. The van der Waals surface area contributed by atoms with Gasteiger partial charge >= 0.3 is 0 Å². The van der Waals surface area contributed by atoms with Gasteiger partial charge in [-0.15, -0.1) is 13.2 Å². The average Bonchev–Trinajstić information content (AvgIpc) is 3.66. The Kier molecular flexibility index (Phi) is 10.2. The summed E-state index contributed by atoms with van der Waals surface area (Å²) in [5.41, 5.74) is -0.774. The van der Waals surface area contributed by atoms with Crippen LogP contribution >= 0.6 is 11.6 Å². The van der Waals surface area contributed by atoms with Gasteiger partial charge in [0.25, 0.3) is 5.91 Å². The maximum absolute atomic E-state index is 14.8. The van der Waals surface area contributed by atoms with Crippen LogP contribution in [-0.4, -0.2) is 71.2 Å². The van der Waals surface area contributed by atoms with Crippen molar-refractivity contribution in [2.75, 3.05) is 36.0 Å². The number of halogens is 1. The molecule has 8 nitrogen and oxygen atoms in total. The molecule has 3 amide bonds. The molecule has 240 valence electrons. The number of aliphatic hydroxyl groups is 1. The van der Waals surface area contributed by atoms with E-state index < -0.39 is 29.1 Å². The summed E-state index contributed by atoms with van der Waals surface area (Å²) in [5.74, 6) is -2.26. The van der Waals surface area contributed by atoms with E-state index in [0.717, 1.165) is 18.5 Å². The molecule has 0 saturated carbocycles. The number of nitrogens with zero attached hydrogens (tertiary/aromatic N) is 3. The van der Waals surface area contributed by atoms with Gasteiger partial charge in [-0.3, -0.25) is 14.4 Å². The molecule has 3 aliphatic heterocycles. The van der Waals surface area contributed by atoms with Crippen LogP contribution in [0.25, 0.3) is 0 Å². The van der Waals surface area contributed by atoms with Gasteiger partial charge in [-0.05, 0) is 56.4 Å². The van der Waals surface area contributed by atoms with Crippen LogP contribution in [0.1, 0.15) is 51.9 Å². The third-order valence-corrected chi connectivity index (χ3v) is 10.2. The Balaban J connectivity index is 1.59. The maximum atomic E-state index is 14.8. The Hall–Kier alpha value is -3.46. The third kappa shape index (κ3) is 5.73. The molecule has 5 rings (SSSR count). The highest BCUT2D eigenvalue weighted by Crippen LogP contribution is 2.65. The quantitative estimate of drug-likeness (QED) is 0.198. The fraction of sp³-hybridized carbons (Fsp3) is 0.472. The van der Waals surface area contributed by atoms with Crippen molar-refractivity contribution in [3.05, 3.63) is 84.9 Å². The fourth-order valence-corrected chi connectivity index (χ4v) is 8.08. The van der Waals surface area contributed by atoms with Crippen molar-refractivity contribution in [1.29, 1.82) is 0 Å². The number of para-hydroxylation sites is 2. The van der Waals surface area contributed by atoms with E-state index in [-0.39, 0.29) is 37.4 Å². The summed E-state index contributed by atoms with van der Waals surface area (Å²) in [6, 6.07) is 15.6. The summed E-state index contributed by atoms with van der Waals surface area (Å²) in [5, 5.41) is 9.67. The van der Waals surface area contributed by atoms with Crippen LogP contribution in [0, 0.1) is 11.8 Å². The lowest BCUT2D eigenvalue weighted by Gasteiger charge is -2.37. The van der Waals surface area contributed by atoms with Gasteiger partial charge in [-0.2, -0.15) is 0 Å². The molecule has 2 bridgehead atoms. The molecule has 0 radical (unpaired) electrons. The number of unbranched alkanes of at least 4 members (excludes halogenated alkanes) is 3. The van der Waals surface area contributed by atoms with Crippen molar-refractivity contribution in [2.45, 2.75) is 69.1 Å². The smallest absolute Gasteiger partial charge is 0.253 e. The SMILES string of the molecule is C=CCN(C(=O)[C@@H]1[C@H]2C(=O)N(CCCCCCO)C(C(=O)N(CC=C)c3ccccc3Cl)C23CC[C@@]1(CC)O3)c1ccccc1. The first-order valence-electron chi connectivity index (χ1n) is 16.1. The third-order valence-electron chi connectivity index (χ3n) is 9.85. The number of likely N-dealkylation sites (tertiary alicyclic amines) is 1. The van der Waals surface area contributed by atoms with E-state index in [4.69, 9.17) is 16.3 Å². The van der Waals surface area contributed by atoms with Crippen molar-refractivity contribution in [3.63, 3.8) is 0 Å². The zero-order valence-corrected chi connectivity index (χ0v) is 26.8. The largest absolute Gasteiger partial charge is 0.396 e. The van der Waals surface area contributed by atoms with Crippen LogP contribution < -0.4 is 9.80 Å². The normalized spacial score (nSPS) is 26.5. The minimum Gasteiger partial charge on any atom is -0.396 e. The average molecular weight is 634 g/mol. The Morgan fingerprint density at radius 3 is 2.31 bits per heavy atom. The van der Waals surface area contributed by atoms with E-state index in [1.54, 1.807) is 45.1 Å². The van der Waals surface area contributed by atoms with Gasteiger partial charge in [-0.25, -0.2) is 0 Å². The molecule has 2 aromatic rings. The van der Waals surface area contributed by atoms with Gasteiger partial charge in [0.05, 0.1) is 28.1 Å². The highest BCUT2D eigenvalue weighted by Gasteiger charge is 2.79. The van der Waals surface area contributed by atoms with E-state index in [1.165, 1.54) is 0 Å². The molecule has 3 heterocycles. The van der Waals surface area contributed by atoms with Gasteiger partial charge < -0.3 is 24.5 Å². The minimum atomic E-state index is -1.16. The predicted molar refractivity (Wildman–Crippen MR) is 177 cm³/mol. The van der Waals surface area contributed by atoms with Gasteiger partial charge in [0.2, 0.25) is 11.8 Å². The van der Waals surface area contributed by atoms with E-state index in [2.05, 4.69) is 13.2 Å². The molecule has 1 N–H and O–H groups in total. The van der Waals surface area contributed by atoms with E-state index in [0.29, 0.717) is 49.4 Å². The monoisotopic (exact) mass is 633 g/mol. The lowest BCUT2D eigenvalue weighted by Crippen LogP contribution is -2.56. The molecule has 0 aliphatic carbocycles. The number of anilines is 2. The van der Waals surface area contributed by atoms with E-state index in [9.17, 15) is 19.5 Å². The van der Waals surface area contributed by atoms with Crippen LogP contribution in [-0.2, 0) is 19.1 Å². The molecule has 3 saturated heterocycles. The summed E-state index contributed by atoms with van der Waals surface area (Å²) in [4.78, 5) is 49.1. The second-order valence-corrected chi connectivity index (χ2v) is 12.7. The highest BCUT2D eigenvalue weighted by molar-refractivity contribution is 6.34. The van der Waals surface area contributed by atoms with Crippen LogP contribution in [0.4, 0.5) is 11.4 Å². The van der Waals surface area contributed by atoms with Crippen LogP contribution in [0.3, 0.4) is 0 Å². The molecule has 2 aromatic carbocycles. The molecule has 0 aromatic heterocycles. The first-order chi connectivity index (χ1) is 21.8. The second-order valence-electron chi connectivity index (χ2n) is 12.3. The summed E-state index contributed by atoms with van der Waals surface area (Å²) in [6.45, 7) is 10.7. The van der Waals surface area contributed by atoms with Crippen molar-refractivity contribution in [2.24, 2.45) is 11.8 Å². The first-order valence-corrected chi connectivity index (χ1v) is 16.4. The Morgan fingerprint density at radius 2 is 1.64 bits per heavy atom. The Bertz CT molecular complexity index is 1420. The van der Waals surface area contributed by atoms with Gasteiger partial charge in [0.15, 0.2) is 0 Å². The molecular formula is C36H44ClN3O5. The first kappa shape index (κ1) is 32.9. The number of carbonyl (C=O) groups excluding carboxylic acids is 3. The van der Waals surface area contributed by atoms with E-state index >= 15 is 0 Å². The number of ether oxygens (including phenoxy) is 1. The van der Waals surface area contributed by atoms with Gasteiger partial charge in [0, 0.05) is 31.9 Å². The number of amides is 3. The molecule has 3 fully saturated rings. The number of carbonyl (C=O) groups is 3. The summed E-state index contributed by atoms with van der Waals surface area (Å²) >= 11 is 6.60. The number of hydrogen-bond acceptors (Lipinski definition) is 5. The lowest BCUT2D eigenvalue weighted by atomic mass is 9.64. The summed E-state index contributed by atoms with van der Waals surface area (Å²) in [6.07, 6.45) is 7.89. The van der Waals surface area contributed by atoms with Crippen LogP contribution in [0.15, 0.2) is 79.9 Å². The van der Waals surface area contributed by atoms with Crippen molar-refractivity contribution in [3.8, 4) is 0 Å². The fourth-order valence-electron chi connectivity index (χ4n) is 7.84. The summed E-state index contributed by atoms with van der Waals surface area (Å²) < 4.78 is 7.02. The highest BCUT2D eigenvalue weighted by atomic mass is 35.5. The van der Waals surface area contributed by atoms with Crippen molar-refractivity contribution < 1.29 is 24.2 Å².